The van der Waals surface area contributed by atoms with Gasteiger partial charge in [0.15, 0.2) is 0 Å². The van der Waals surface area contributed by atoms with Crippen molar-refractivity contribution in [1.29, 1.82) is 0 Å². The van der Waals surface area contributed by atoms with Crippen LogP contribution in [0, 0.1) is 11.8 Å². The monoisotopic (exact) mass is 348 g/mol. The van der Waals surface area contributed by atoms with Crippen molar-refractivity contribution in [2.24, 2.45) is 5.18 Å². The summed E-state index contributed by atoms with van der Waals surface area (Å²) in [4.78, 5) is 11.1. The summed E-state index contributed by atoms with van der Waals surface area (Å²) >= 11 is 0. The third-order valence-electron chi connectivity index (χ3n) is 3.30. The highest BCUT2D eigenvalue weighted by atomic mass is 32.2. The molecule has 0 amide bonds. The molecule has 0 saturated carbocycles. The smallest absolute Gasteiger partial charge is 0.200 e. The molecule has 0 bridgehead atoms. The Kier molecular flexibility index (Phi) is 7.05. The number of aliphatic hydroxyl groups is 1. The zero-order chi connectivity index (χ0) is 17.4. The number of nitrogens with zero attached hydrogens (tertiary/aromatic N) is 2. The highest BCUT2D eigenvalue weighted by Crippen LogP contribution is 2.14. The van der Waals surface area contributed by atoms with Gasteiger partial charge in [-0.25, -0.2) is 8.51 Å². The van der Waals surface area contributed by atoms with Crippen LogP contribution in [0.3, 0.4) is 0 Å². The molecule has 0 fully saturated rings. The van der Waals surface area contributed by atoms with Crippen molar-refractivity contribution >= 4 is 11.0 Å². The molecule has 7 heteroatoms. The zero-order valence-electron chi connectivity index (χ0n) is 13.4. The first-order chi connectivity index (χ1) is 11.6. The molecule has 0 aliphatic carbocycles. The van der Waals surface area contributed by atoms with Crippen LogP contribution in [0.25, 0.3) is 0 Å². The van der Waals surface area contributed by atoms with Crippen LogP contribution in [0.5, 0.6) is 5.75 Å². The predicted octanol–water partition coefficient (Wildman–Crippen LogP) is 2.48. The molecule has 2 unspecified atom stereocenters. The lowest BCUT2D eigenvalue weighted by Crippen LogP contribution is -2.36. The molecule has 24 heavy (non-hydrogen) atoms. The van der Waals surface area contributed by atoms with Crippen molar-refractivity contribution in [3.63, 3.8) is 0 Å². The van der Waals surface area contributed by atoms with Gasteiger partial charge in [0.05, 0.1) is 11.4 Å². The summed E-state index contributed by atoms with van der Waals surface area (Å²) in [6.07, 6.45) is -1.43. The van der Waals surface area contributed by atoms with E-state index in [-0.39, 0.29) is 19.7 Å². The first kappa shape index (κ1) is 18.3. The van der Waals surface area contributed by atoms with Gasteiger partial charge in [-0.15, -0.1) is 4.91 Å². The van der Waals surface area contributed by atoms with Crippen LogP contribution in [0.1, 0.15) is 5.56 Å². The van der Waals surface area contributed by atoms with Crippen LogP contribution in [-0.2, 0) is 11.0 Å². The third-order valence-corrected chi connectivity index (χ3v) is 4.77. The van der Waals surface area contributed by atoms with Crippen molar-refractivity contribution in [1.82, 2.24) is 4.31 Å². The maximum atomic E-state index is 12.7. The van der Waals surface area contributed by atoms with Crippen molar-refractivity contribution in [3.05, 3.63) is 65.1 Å². The minimum absolute atomic E-state index is 0.123. The van der Waals surface area contributed by atoms with Crippen LogP contribution >= 0.6 is 0 Å². The topological polar surface area (TPSA) is 79.2 Å². The largest absolute Gasteiger partial charge is 0.492 e. The number of hydrogen-bond donors (Lipinski definition) is 1. The van der Waals surface area contributed by atoms with Crippen molar-refractivity contribution in [2.75, 3.05) is 19.7 Å². The fourth-order valence-corrected chi connectivity index (χ4v) is 3.22. The summed E-state index contributed by atoms with van der Waals surface area (Å²) in [6, 6.07) is 16.5. The van der Waals surface area contributed by atoms with Gasteiger partial charge in [0.25, 0.3) is 0 Å². The first-order valence-electron chi connectivity index (χ1n) is 7.52. The molecule has 0 aromatic heterocycles. The second-order valence-corrected chi connectivity index (χ2v) is 6.68. The Balaban J connectivity index is 2.01. The molecule has 0 saturated heterocycles. The van der Waals surface area contributed by atoms with E-state index in [0.717, 1.165) is 5.56 Å². The highest BCUT2D eigenvalue weighted by molar-refractivity contribution is 7.82. The van der Waals surface area contributed by atoms with Crippen LogP contribution in [-0.4, -0.2) is 39.5 Å². The van der Waals surface area contributed by atoms with E-state index in [1.54, 1.807) is 12.1 Å². The molecular weight excluding hydrogens is 328 g/mol. The molecule has 0 aliphatic rings. The lowest BCUT2D eigenvalue weighted by Gasteiger charge is -2.21. The average molecular weight is 348 g/mol. The molecule has 6 nitrogen and oxygen atoms in total. The molecule has 2 aromatic rings. The summed E-state index contributed by atoms with van der Waals surface area (Å²) in [5.74, 6) is 0.702. The van der Waals surface area contributed by atoms with Gasteiger partial charge in [0.2, 0.25) is 6.23 Å². The number of nitroso groups, excluding NO2 is 1. The summed E-state index contributed by atoms with van der Waals surface area (Å²) in [6.45, 7) is 2.37. The average Bonchev–Trinajstić information content (AvgIpc) is 2.61. The van der Waals surface area contributed by atoms with Gasteiger partial charge in [0.1, 0.15) is 23.3 Å². The molecule has 0 heterocycles. The Hall–Kier alpha value is -2.09. The van der Waals surface area contributed by atoms with Crippen LogP contribution in [0.15, 0.2) is 64.7 Å². The zero-order valence-corrected chi connectivity index (χ0v) is 14.2. The maximum Gasteiger partial charge on any atom is 0.200 e. The van der Waals surface area contributed by atoms with Crippen LogP contribution in [0.2, 0.25) is 0 Å². The van der Waals surface area contributed by atoms with Gasteiger partial charge < -0.3 is 9.84 Å². The standard InChI is InChI=1S/C17H20N2O4S/c1-14-7-9-16(10-8-14)24(22)19(13-17(20)18-21)11-12-23-15-5-3-2-4-6-15/h2-10,17,20H,11-13H2,1H3. The number of para-hydroxylation sites is 1. The lowest BCUT2D eigenvalue weighted by molar-refractivity contribution is 0.148. The van der Waals surface area contributed by atoms with Crippen molar-refractivity contribution in [3.8, 4) is 5.75 Å². The molecule has 1 N–H and O–H groups in total. The second kappa shape index (κ2) is 9.27. The van der Waals surface area contributed by atoms with Crippen LogP contribution < -0.4 is 4.74 Å². The summed E-state index contributed by atoms with van der Waals surface area (Å²) in [7, 11) is -1.52. The van der Waals surface area contributed by atoms with Gasteiger partial charge in [-0.2, -0.15) is 0 Å². The van der Waals surface area contributed by atoms with E-state index < -0.39 is 17.2 Å². The number of rotatable bonds is 9. The fraction of sp³-hybridized carbons (Fsp3) is 0.294. The van der Waals surface area contributed by atoms with Gasteiger partial charge >= 0.3 is 0 Å². The molecule has 128 valence electrons. The van der Waals surface area contributed by atoms with Gasteiger partial charge in [-0.05, 0) is 36.4 Å². The number of hydrogen-bond acceptors (Lipinski definition) is 5. The van der Waals surface area contributed by atoms with Gasteiger partial charge in [-0.3, -0.25) is 0 Å². The molecular formula is C17H20N2O4S. The van der Waals surface area contributed by atoms with E-state index in [2.05, 4.69) is 5.18 Å². The summed E-state index contributed by atoms with van der Waals surface area (Å²) in [5.41, 5.74) is 1.06. The minimum Gasteiger partial charge on any atom is -0.492 e. The first-order valence-corrected chi connectivity index (χ1v) is 8.62. The van der Waals surface area contributed by atoms with Gasteiger partial charge in [-0.1, -0.05) is 35.9 Å². The SMILES string of the molecule is Cc1ccc(S(=O)N(CCOc2ccccc2)CC(O)N=O)cc1. The minimum atomic E-state index is -1.52. The molecule has 0 spiro atoms. The second-order valence-electron chi connectivity index (χ2n) is 5.20. The van der Waals surface area contributed by atoms with E-state index in [1.165, 1.54) is 4.31 Å². The third kappa shape index (κ3) is 5.52. The van der Waals surface area contributed by atoms with Gasteiger partial charge in [0, 0.05) is 6.54 Å². The number of ether oxygens (including phenoxy) is 1. The molecule has 0 radical (unpaired) electrons. The van der Waals surface area contributed by atoms with E-state index >= 15 is 0 Å². The Labute approximate surface area is 143 Å². The predicted molar refractivity (Wildman–Crippen MR) is 92.9 cm³/mol. The molecule has 2 rings (SSSR count). The van der Waals surface area contributed by atoms with E-state index in [4.69, 9.17) is 4.74 Å². The summed E-state index contributed by atoms with van der Waals surface area (Å²) < 4.78 is 19.7. The maximum absolute atomic E-state index is 12.7. The fourth-order valence-electron chi connectivity index (χ4n) is 2.04. The van der Waals surface area contributed by atoms with Crippen molar-refractivity contribution in [2.45, 2.75) is 18.0 Å². The Morgan fingerprint density at radius 3 is 2.46 bits per heavy atom. The number of aliphatic hydroxyl groups excluding tert-OH is 1. The Morgan fingerprint density at radius 1 is 1.17 bits per heavy atom. The van der Waals surface area contributed by atoms with E-state index in [0.29, 0.717) is 10.6 Å². The van der Waals surface area contributed by atoms with E-state index in [9.17, 15) is 14.2 Å². The summed E-state index contributed by atoms with van der Waals surface area (Å²) in [5, 5.41) is 12.1. The van der Waals surface area contributed by atoms with Crippen LogP contribution in [0.4, 0.5) is 0 Å². The Morgan fingerprint density at radius 2 is 1.83 bits per heavy atom. The molecule has 0 aliphatic heterocycles. The molecule has 2 atom stereocenters. The number of aryl methyl sites for hydroxylation is 1. The van der Waals surface area contributed by atoms with Crippen molar-refractivity contribution < 1.29 is 14.1 Å². The molecule has 2 aromatic carbocycles. The normalized spacial score (nSPS) is 13.5. The lowest BCUT2D eigenvalue weighted by atomic mass is 10.2. The Bertz CT molecular complexity index is 664. The number of benzene rings is 2. The van der Waals surface area contributed by atoms with E-state index in [1.807, 2.05) is 49.4 Å². The highest BCUT2D eigenvalue weighted by Gasteiger charge is 2.19. The quantitative estimate of drug-likeness (QED) is 0.706.